The molecule has 0 aromatic carbocycles. The molecule has 4 heterocycles. The van der Waals surface area contributed by atoms with Crippen LogP contribution >= 0.6 is 0 Å². The van der Waals surface area contributed by atoms with Gasteiger partial charge in [-0.05, 0) is 57.1 Å². The summed E-state index contributed by atoms with van der Waals surface area (Å²) in [4.78, 5) is 15.5. The summed E-state index contributed by atoms with van der Waals surface area (Å²) in [5, 5.41) is 0. The van der Waals surface area contributed by atoms with Crippen molar-refractivity contribution < 1.29 is 4.42 Å². The summed E-state index contributed by atoms with van der Waals surface area (Å²) in [7, 11) is 2.12. The van der Waals surface area contributed by atoms with Crippen LogP contribution in [0.5, 0.6) is 0 Å². The van der Waals surface area contributed by atoms with E-state index in [0.717, 1.165) is 34.9 Å². The van der Waals surface area contributed by atoms with Crippen LogP contribution in [-0.2, 0) is 6.42 Å². The van der Waals surface area contributed by atoms with Gasteiger partial charge in [0, 0.05) is 24.0 Å². The minimum Gasteiger partial charge on any atom is -0.460 e. The number of pyridine rings is 1. The summed E-state index contributed by atoms with van der Waals surface area (Å²) < 4.78 is 5.81. The van der Waals surface area contributed by atoms with Gasteiger partial charge in [-0.2, -0.15) is 0 Å². The molecule has 2 unspecified atom stereocenters. The number of likely N-dealkylation sites (N-methyl/N-ethyl adjacent to an activating group) is 1. The van der Waals surface area contributed by atoms with E-state index in [2.05, 4.69) is 33.8 Å². The van der Waals surface area contributed by atoms with Gasteiger partial charge >= 0.3 is 0 Å². The molecule has 2 N–H and O–H groups in total. The Balaban J connectivity index is 1.82. The van der Waals surface area contributed by atoms with Crippen molar-refractivity contribution in [2.75, 3.05) is 12.8 Å². The number of nitrogens with two attached hydrogens (primary N) is 1. The van der Waals surface area contributed by atoms with Gasteiger partial charge in [0.1, 0.15) is 11.5 Å². The molecule has 0 fully saturated rings. The van der Waals surface area contributed by atoms with Crippen LogP contribution in [-0.4, -0.2) is 26.9 Å². The lowest BCUT2D eigenvalue weighted by Gasteiger charge is -2.23. The Kier molecular flexibility index (Phi) is 3.77. The van der Waals surface area contributed by atoms with Crippen molar-refractivity contribution in [3.05, 3.63) is 59.2 Å². The quantitative estimate of drug-likeness (QED) is 0.791. The first kappa shape index (κ1) is 15.8. The molecule has 1 aliphatic rings. The fraction of sp³-hybridized carbons (Fsp3) is 0.316. The van der Waals surface area contributed by atoms with Gasteiger partial charge < -0.3 is 10.2 Å². The Morgan fingerprint density at radius 1 is 1.16 bits per heavy atom. The Hall–Kier alpha value is -2.73. The van der Waals surface area contributed by atoms with Crippen molar-refractivity contribution in [2.24, 2.45) is 0 Å². The van der Waals surface area contributed by atoms with Gasteiger partial charge in [0.05, 0.1) is 11.7 Å². The lowest BCUT2D eigenvalue weighted by Crippen LogP contribution is -2.21. The van der Waals surface area contributed by atoms with E-state index >= 15 is 0 Å². The van der Waals surface area contributed by atoms with Crippen LogP contribution in [0.2, 0.25) is 0 Å². The second-order valence-corrected chi connectivity index (χ2v) is 6.56. The summed E-state index contributed by atoms with van der Waals surface area (Å²) >= 11 is 0. The lowest BCUT2D eigenvalue weighted by atomic mass is 10.0. The van der Waals surface area contributed by atoms with Gasteiger partial charge in [-0.3, -0.25) is 9.88 Å². The molecule has 1 aliphatic heterocycles. The van der Waals surface area contributed by atoms with Crippen LogP contribution in [0.1, 0.15) is 41.6 Å². The van der Waals surface area contributed by atoms with Crippen LogP contribution in [0.4, 0.5) is 5.95 Å². The number of hydrogen-bond donors (Lipinski definition) is 1. The molecule has 0 saturated heterocycles. The minimum atomic E-state index is 0.146. The van der Waals surface area contributed by atoms with Crippen molar-refractivity contribution in [3.63, 3.8) is 0 Å². The van der Waals surface area contributed by atoms with E-state index in [1.165, 1.54) is 5.56 Å². The van der Waals surface area contributed by atoms with E-state index in [9.17, 15) is 0 Å². The molecule has 0 radical (unpaired) electrons. The van der Waals surface area contributed by atoms with E-state index in [4.69, 9.17) is 10.2 Å². The molecule has 6 nitrogen and oxygen atoms in total. The second kappa shape index (κ2) is 5.97. The molecule has 2 atom stereocenters. The summed E-state index contributed by atoms with van der Waals surface area (Å²) in [6.45, 7) is 4.10. The number of aryl methyl sites for hydroxylation is 1. The molecule has 0 aliphatic carbocycles. The molecule has 25 heavy (non-hydrogen) atoms. The zero-order valence-corrected chi connectivity index (χ0v) is 14.6. The zero-order valence-electron chi connectivity index (χ0n) is 14.6. The molecule has 0 bridgehead atoms. The molecular weight excluding hydrogens is 314 g/mol. The third kappa shape index (κ3) is 2.68. The number of rotatable bonds is 3. The van der Waals surface area contributed by atoms with Gasteiger partial charge in [-0.1, -0.05) is 0 Å². The number of anilines is 1. The predicted molar refractivity (Wildman–Crippen MR) is 95.7 cm³/mol. The number of hydrogen-bond acceptors (Lipinski definition) is 6. The molecule has 128 valence electrons. The lowest BCUT2D eigenvalue weighted by molar-refractivity contribution is 0.215. The number of aromatic nitrogens is 3. The van der Waals surface area contributed by atoms with E-state index in [1.807, 2.05) is 43.6 Å². The molecule has 3 aromatic rings. The van der Waals surface area contributed by atoms with Crippen molar-refractivity contribution in [1.29, 1.82) is 0 Å². The van der Waals surface area contributed by atoms with Crippen LogP contribution in [0.15, 0.2) is 41.1 Å². The molecular formula is C19H21N5O. The van der Waals surface area contributed by atoms with Crippen LogP contribution in [0, 0.1) is 6.92 Å². The molecule has 0 amide bonds. The Morgan fingerprint density at radius 3 is 2.60 bits per heavy atom. The summed E-state index contributed by atoms with van der Waals surface area (Å²) in [6, 6.07) is 8.30. The third-order valence-electron chi connectivity index (χ3n) is 4.98. The predicted octanol–water partition coefficient (Wildman–Crippen LogP) is 3.31. The first-order valence-electron chi connectivity index (χ1n) is 8.39. The van der Waals surface area contributed by atoms with Gasteiger partial charge in [-0.15, -0.1) is 0 Å². The maximum Gasteiger partial charge on any atom is 0.220 e. The summed E-state index contributed by atoms with van der Waals surface area (Å²) in [5.74, 6) is 1.88. The maximum absolute atomic E-state index is 6.03. The Labute approximate surface area is 146 Å². The molecule has 3 aromatic heterocycles. The molecule has 0 saturated carbocycles. The van der Waals surface area contributed by atoms with E-state index in [1.54, 1.807) is 0 Å². The Bertz CT molecular complexity index is 905. The first-order chi connectivity index (χ1) is 12.0. The van der Waals surface area contributed by atoms with Gasteiger partial charge in [0.15, 0.2) is 5.76 Å². The second-order valence-electron chi connectivity index (χ2n) is 6.56. The van der Waals surface area contributed by atoms with Crippen molar-refractivity contribution >= 4 is 5.95 Å². The van der Waals surface area contributed by atoms with Crippen LogP contribution in [0.3, 0.4) is 0 Å². The highest BCUT2D eigenvalue weighted by atomic mass is 16.3. The van der Waals surface area contributed by atoms with E-state index in [0.29, 0.717) is 0 Å². The number of fused-ring (bicyclic) bond motifs is 1. The van der Waals surface area contributed by atoms with Crippen LogP contribution < -0.4 is 5.73 Å². The summed E-state index contributed by atoms with van der Waals surface area (Å²) in [5.41, 5.74) is 10.1. The van der Waals surface area contributed by atoms with Crippen LogP contribution in [0.25, 0.3) is 11.5 Å². The highest BCUT2D eigenvalue weighted by Crippen LogP contribution is 2.45. The SMILES string of the molecule is Cc1ccc(-c2nc(N)nc3c2C(C)N(C)C3Cc2ccncc2)o1. The topological polar surface area (TPSA) is 81.1 Å². The highest BCUT2D eigenvalue weighted by Gasteiger charge is 2.38. The largest absolute Gasteiger partial charge is 0.460 e. The minimum absolute atomic E-state index is 0.146. The standard InChI is InChI=1S/C19H21N5O/c1-11-4-5-15(25-11)18-16-12(2)24(3)14(17(16)22-19(20)23-18)10-13-6-8-21-9-7-13/h4-9,12,14H,10H2,1-3H3,(H2,20,22,23). The summed E-state index contributed by atoms with van der Waals surface area (Å²) in [6.07, 6.45) is 4.49. The smallest absolute Gasteiger partial charge is 0.220 e. The average molecular weight is 335 g/mol. The van der Waals surface area contributed by atoms with Crippen molar-refractivity contribution in [2.45, 2.75) is 32.4 Å². The normalized spacial score (nSPS) is 20.0. The van der Waals surface area contributed by atoms with E-state index < -0.39 is 0 Å². The third-order valence-corrected chi connectivity index (χ3v) is 4.98. The molecule has 0 spiro atoms. The van der Waals surface area contributed by atoms with Crippen molar-refractivity contribution in [3.8, 4) is 11.5 Å². The average Bonchev–Trinajstić information content (AvgIpc) is 3.13. The Morgan fingerprint density at radius 2 is 1.92 bits per heavy atom. The number of furan rings is 1. The zero-order chi connectivity index (χ0) is 17.6. The van der Waals surface area contributed by atoms with Gasteiger partial charge in [-0.25, -0.2) is 9.97 Å². The fourth-order valence-electron chi connectivity index (χ4n) is 3.57. The molecule has 6 heteroatoms. The number of nitrogen functional groups attached to an aromatic ring is 1. The highest BCUT2D eigenvalue weighted by molar-refractivity contribution is 5.63. The van der Waals surface area contributed by atoms with Gasteiger partial charge in [0.2, 0.25) is 5.95 Å². The van der Waals surface area contributed by atoms with Crippen molar-refractivity contribution in [1.82, 2.24) is 19.9 Å². The fourth-order valence-corrected chi connectivity index (χ4v) is 3.57. The molecule has 4 rings (SSSR count). The number of nitrogens with zero attached hydrogens (tertiary/aromatic N) is 4. The van der Waals surface area contributed by atoms with Gasteiger partial charge in [0.25, 0.3) is 0 Å². The first-order valence-corrected chi connectivity index (χ1v) is 8.39. The van der Waals surface area contributed by atoms with E-state index in [-0.39, 0.29) is 18.0 Å². The monoisotopic (exact) mass is 335 g/mol. The maximum atomic E-state index is 6.03.